The summed E-state index contributed by atoms with van der Waals surface area (Å²) in [5.74, 6) is 0.133. The summed E-state index contributed by atoms with van der Waals surface area (Å²) in [4.78, 5) is 11.4. The van der Waals surface area contributed by atoms with Gasteiger partial charge in [0, 0.05) is 20.1 Å². The molecule has 0 N–H and O–H groups in total. The smallest absolute Gasteiger partial charge is 0.166 e. The normalized spacial score (nSPS) is 21.8. The standard InChI is InChI=1S/C16H22O4/c1-18-10-11-20-16-14(17)12-15(16)19-9-5-8-13-6-3-2-4-7-13/h2-4,6-7,15-16H,5,8-12H2,1H3. The van der Waals surface area contributed by atoms with Gasteiger partial charge in [-0.05, 0) is 18.4 Å². The average molecular weight is 278 g/mol. The number of hydrogen-bond donors (Lipinski definition) is 0. The Labute approximate surface area is 120 Å². The second-order valence-electron chi connectivity index (χ2n) is 4.95. The Morgan fingerprint density at radius 3 is 2.60 bits per heavy atom. The van der Waals surface area contributed by atoms with E-state index < -0.39 is 0 Å². The minimum atomic E-state index is -0.387. The van der Waals surface area contributed by atoms with Gasteiger partial charge in [-0.15, -0.1) is 0 Å². The number of ether oxygens (including phenoxy) is 3. The SMILES string of the molecule is COCCOC1C(=O)CC1OCCCc1ccccc1. The van der Waals surface area contributed by atoms with Gasteiger partial charge in [0.25, 0.3) is 0 Å². The maximum atomic E-state index is 11.4. The summed E-state index contributed by atoms with van der Waals surface area (Å²) in [7, 11) is 1.61. The molecule has 20 heavy (non-hydrogen) atoms. The quantitative estimate of drug-likeness (QED) is 0.648. The lowest BCUT2D eigenvalue weighted by Gasteiger charge is -2.34. The number of rotatable bonds is 9. The monoisotopic (exact) mass is 278 g/mol. The van der Waals surface area contributed by atoms with Gasteiger partial charge in [-0.3, -0.25) is 4.79 Å². The molecule has 2 rings (SSSR count). The molecule has 1 aromatic rings. The molecule has 0 spiro atoms. The van der Waals surface area contributed by atoms with Crippen LogP contribution in [0, 0.1) is 0 Å². The van der Waals surface area contributed by atoms with E-state index in [2.05, 4.69) is 12.1 Å². The summed E-state index contributed by atoms with van der Waals surface area (Å²) in [5.41, 5.74) is 1.31. The van der Waals surface area contributed by atoms with Crippen LogP contribution in [0.4, 0.5) is 0 Å². The van der Waals surface area contributed by atoms with Gasteiger partial charge in [0.2, 0.25) is 0 Å². The fourth-order valence-electron chi connectivity index (χ4n) is 2.23. The molecule has 4 heteroatoms. The molecular weight excluding hydrogens is 256 g/mol. The molecule has 110 valence electrons. The van der Waals surface area contributed by atoms with Crippen molar-refractivity contribution in [3.8, 4) is 0 Å². The number of hydrogen-bond acceptors (Lipinski definition) is 4. The number of methoxy groups -OCH3 is 1. The molecule has 0 bridgehead atoms. The molecule has 1 aromatic carbocycles. The molecule has 0 aromatic heterocycles. The highest BCUT2D eigenvalue weighted by atomic mass is 16.6. The van der Waals surface area contributed by atoms with E-state index in [-0.39, 0.29) is 18.0 Å². The molecule has 1 aliphatic carbocycles. The second kappa shape index (κ2) is 8.15. The van der Waals surface area contributed by atoms with Crippen molar-refractivity contribution < 1.29 is 19.0 Å². The van der Waals surface area contributed by atoms with Crippen molar-refractivity contribution in [1.29, 1.82) is 0 Å². The highest BCUT2D eigenvalue weighted by molar-refractivity contribution is 5.90. The Hall–Kier alpha value is -1.23. The maximum Gasteiger partial charge on any atom is 0.166 e. The Bertz CT molecular complexity index is 404. The van der Waals surface area contributed by atoms with Crippen LogP contribution in [0.1, 0.15) is 18.4 Å². The summed E-state index contributed by atoms with van der Waals surface area (Å²) in [5, 5.41) is 0. The predicted molar refractivity (Wildman–Crippen MR) is 75.7 cm³/mol. The van der Waals surface area contributed by atoms with Gasteiger partial charge in [0.1, 0.15) is 6.10 Å². The van der Waals surface area contributed by atoms with Crippen LogP contribution in [0.2, 0.25) is 0 Å². The first-order chi connectivity index (χ1) is 9.81. The van der Waals surface area contributed by atoms with Crippen LogP contribution >= 0.6 is 0 Å². The van der Waals surface area contributed by atoms with Crippen molar-refractivity contribution in [3.05, 3.63) is 35.9 Å². The van der Waals surface area contributed by atoms with Gasteiger partial charge >= 0.3 is 0 Å². The molecule has 1 saturated carbocycles. The third-order valence-corrected chi connectivity index (χ3v) is 3.43. The van der Waals surface area contributed by atoms with Crippen LogP contribution in [-0.4, -0.2) is 44.9 Å². The first-order valence-corrected chi connectivity index (χ1v) is 7.10. The molecule has 0 heterocycles. The highest BCUT2D eigenvalue weighted by Crippen LogP contribution is 2.23. The van der Waals surface area contributed by atoms with E-state index in [0.717, 1.165) is 12.8 Å². The van der Waals surface area contributed by atoms with Gasteiger partial charge < -0.3 is 14.2 Å². The van der Waals surface area contributed by atoms with E-state index in [4.69, 9.17) is 14.2 Å². The van der Waals surface area contributed by atoms with Gasteiger partial charge in [-0.2, -0.15) is 0 Å². The van der Waals surface area contributed by atoms with E-state index in [1.165, 1.54) is 5.56 Å². The number of Topliss-reactive ketones (excluding diaryl/α,β-unsaturated/α-hetero) is 1. The topological polar surface area (TPSA) is 44.8 Å². The lowest BCUT2D eigenvalue weighted by molar-refractivity contribution is -0.167. The Balaban J connectivity index is 1.60. The van der Waals surface area contributed by atoms with Crippen LogP contribution in [-0.2, 0) is 25.4 Å². The Kier molecular flexibility index (Phi) is 6.18. The van der Waals surface area contributed by atoms with Crippen molar-refractivity contribution in [2.24, 2.45) is 0 Å². The number of carbonyl (C=O) groups excluding carboxylic acids is 1. The second-order valence-corrected chi connectivity index (χ2v) is 4.95. The summed E-state index contributed by atoms with van der Waals surface area (Å²) < 4.78 is 16.1. The average Bonchev–Trinajstić information content (AvgIpc) is 2.48. The van der Waals surface area contributed by atoms with Crippen molar-refractivity contribution in [3.63, 3.8) is 0 Å². The predicted octanol–water partition coefficient (Wildman–Crippen LogP) is 2.01. The van der Waals surface area contributed by atoms with Crippen LogP contribution in [0.5, 0.6) is 0 Å². The van der Waals surface area contributed by atoms with E-state index in [1.807, 2.05) is 18.2 Å². The fourth-order valence-corrected chi connectivity index (χ4v) is 2.23. The lowest BCUT2D eigenvalue weighted by atomic mass is 9.90. The van der Waals surface area contributed by atoms with Crippen molar-refractivity contribution >= 4 is 5.78 Å². The largest absolute Gasteiger partial charge is 0.382 e. The third kappa shape index (κ3) is 4.40. The number of ketones is 1. The van der Waals surface area contributed by atoms with Crippen molar-refractivity contribution in [2.45, 2.75) is 31.5 Å². The molecule has 0 amide bonds. The van der Waals surface area contributed by atoms with Gasteiger partial charge in [-0.25, -0.2) is 0 Å². The molecular formula is C16H22O4. The molecule has 0 aliphatic heterocycles. The maximum absolute atomic E-state index is 11.4. The van der Waals surface area contributed by atoms with Crippen LogP contribution in [0.3, 0.4) is 0 Å². The van der Waals surface area contributed by atoms with Crippen molar-refractivity contribution in [1.82, 2.24) is 0 Å². The van der Waals surface area contributed by atoms with Crippen LogP contribution in [0.15, 0.2) is 30.3 Å². The minimum absolute atomic E-state index is 0.0740. The zero-order chi connectivity index (χ0) is 14.2. The molecule has 4 nitrogen and oxygen atoms in total. The highest BCUT2D eigenvalue weighted by Gasteiger charge is 2.41. The van der Waals surface area contributed by atoms with Gasteiger partial charge in [0.05, 0.1) is 19.3 Å². The van der Waals surface area contributed by atoms with E-state index in [0.29, 0.717) is 26.2 Å². The summed E-state index contributed by atoms with van der Waals surface area (Å²) in [6.07, 6.45) is 1.97. The molecule has 1 aliphatic rings. The molecule has 1 fully saturated rings. The molecule has 0 radical (unpaired) electrons. The number of benzene rings is 1. The van der Waals surface area contributed by atoms with E-state index >= 15 is 0 Å². The van der Waals surface area contributed by atoms with E-state index in [9.17, 15) is 4.79 Å². The summed E-state index contributed by atoms with van der Waals surface area (Å²) in [6, 6.07) is 10.3. The van der Waals surface area contributed by atoms with Crippen LogP contribution < -0.4 is 0 Å². The summed E-state index contributed by atoms with van der Waals surface area (Å²) >= 11 is 0. The van der Waals surface area contributed by atoms with Gasteiger partial charge in [0.15, 0.2) is 5.78 Å². The third-order valence-electron chi connectivity index (χ3n) is 3.43. The number of carbonyl (C=O) groups is 1. The Morgan fingerprint density at radius 1 is 1.10 bits per heavy atom. The molecule has 2 unspecified atom stereocenters. The van der Waals surface area contributed by atoms with Crippen LogP contribution in [0.25, 0.3) is 0 Å². The van der Waals surface area contributed by atoms with Gasteiger partial charge in [-0.1, -0.05) is 30.3 Å². The minimum Gasteiger partial charge on any atom is -0.382 e. The molecule has 2 atom stereocenters. The first-order valence-electron chi connectivity index (χ1n) is 7.10. The molecule has 0 saturated heterocycles. The number of aryl methyl sites for hydroxylation is 1. The first kappa shape index (κ1) is 15.2. The Morgan fingerprint density at radius 2 is 1.90 bits per heavy atom. The fraction of sp³-hybridized carbons (Fsp3) is 0.562. The lowest BCUT2D eigenvalue weighted by Crippen LogP contribution is -2.51. The van der Waals surface area contributed by atoms with E-state index in [1.54, 1.807) is 7.11 Å². The van der Waals surface area contributed by atoms with Crippen molar-refractivity contribution in [2.75, 3.05) is 26.9 Å². The zero-order valence-electron chi connectivity index (χ0n) is 11.9. The summed E-state index contributed by atoms with van der Waals surface area (Å²) in [6.45, 7) is 1.61. The zero-order valence-corrected chi connectivity index (χ0v) is 11.9.